The molecule has 0 aliphatic carbocycles. The Hall–Kier alpha value is -1.99. The van der Waals surface area contributed by atoms with E-state index >= 15 is 0 Å². The van der Waals surface area contributed by atoms with Crippen molar-refractivity contribution >= 4 is 50.1 Å². The smallest absolute Gasteiger partial charge is 0.312 e. The average Bonchev–Trinajstić information content (AvgIpc) is 2.45. The van der Waals surface area contributed by atoms with Gasteiger partial charge in [0, 0.05) is 17.5 Å². The lowest BCUT2D eigenvalue weighted by Gasteiger charge is -2.18. The third kappa shape index (κ3) is 2.74. The minimum absolute atomic E-state index is 0.449. The highest BCUT2D eigenvalue weighted by atomic mass is 79.9. The van der Waals surface area contributed by atoms with Crippen molar-refractivity contribution in [3.8, 4) is 0 Å². The lowest BCUT2D eigenvalue weighted by Crippen LogP contribution is -2.20. The molecule has 0 saturated heterocycles. The maximum absolute atomic E-state index is 11.7. The summed E-state index contributed by atoms with van der Waals surface area (Å²) in [5.41, 5.74) is 0.168. The summed E-state index contributed by atoms with van der Waals surface area (Å²) in [4.78, 5) is 28.5. The lowest BCUT2D eigenvalue weighted by atomic mass is 10.2. The van der Waals surface area contributed by atoms with Crippen LogP contribution < -0.4 is 10.6 Å². The Morgan fingerprint density at radius 1 is 1.29 bits per heavy atom. The molecule has 2 aromatic heterocycles. The van der Waals surface area contributed by atoms with Crippen LogP contribution in [0, 0.1) is 0 Å². The number of halogens is 2. The maximum Gasteiger partial charge on any atom is 0.347 e. The van der Waals surface area contributed by atoms with Crippen molar-refractivity contribution in [3.63, 3.8) is 0 Å². The Balaban J connectivity index is 2.22. The molecule has 2 heterocycles. The second-order valence-corrected chi connectivity index (χ2v) is 5.56. The number of fused-ring (bicyclic) bond motifs is 1. The van der Waals surface area contributed by atoms with Gasteiger partial charge in [-0.15, -0.1) is 0 Å². The highest BCUT2D eigenvalue weighted by Crippen LogP contribution is 2.27. The zero-order valence-electron chi connectivity index (χ0n) is 10.8. The molecule has 1 N–H and O–H groups in total. The van der Waals surface area contributed by atoms with Gasteiger partial charge in [-0.05, 0) is 34.1 Å². The van der Waals surface area contributed by atoms with Crippen molar-refractivity contribution < 1.29 is 0 Å². The van der Waals surface area contributed by atoms with Crippen LogP contribution in [0.25, 0.3) is 10.9 Å². The van der Waals surface area contributed by atoms with Gasteiger partial charge in [0.2, 0.25) is 0 Å². The molecular weight excluding hydrogens is 358 g/mol. The van der Waals surface area contributed by atoms with Crippen molar-refractivity contribution in [2.75, 3.05) is 11.9 Å². The zero-order chi connectivity index (χ0) is 15.0. The van der Waals surface area contributed by atoms with E-state index in [1.165, 1.54) is 0 Å². The quantitative estimate of drug-likeness (QED) is 0.755. The van der Waals surface area contributed by atoms with E-state index in [2.05, 4.69) is 35.9 Å². The van der Waals surface area contributed by atoms with Crippen molar-refractivity contribution in [1.29, 1.82) is 0 Å². The van der Waals surface area contributed by atoms with Crippen LogP contribution in [0.3, 0.4) is 0 Å². The van der Waals surface area contributed by atoms with E-state index in [1.807, 2.05) is 0 Å². The molecule has 21 heavy (non-hydrogen) atoms. The predicted molar refractivity (Wildman–Crippen MR) is 85.2 cm³/mol. The molecule has 0 amide bonds. The number of benzene rings is 1. The van der Waals surface area contributed by atoms with E-state index in [9.17, 15) is 4.79 Å². The number of hydrogen-bond donors (Lipinski definition) is 1. The summed E-state index contributed by atoms with van der Waals surface area (Å²) in [7, 11) is 1.77. The average molecular weight is 367 g/mol. The van der Waals surface area contributed by atoms with Gasteiger partial charge in [0.1, 0.15) is 10.4 Å². The highest BCUT2D eigenvalue weighted by molar-refractivity contribution is 9.10. The Morgan fingerprint density at radius 3 is 2.86 bits per heavy atom. The minimum atomic E-state index is -0.449. The molecule has 3 aromatic rings. The van der Waals surface area contributed by atoms with E-state index in [1.54, 1.807) is 42.5 Å². The lowest BCUT2D eigenvalue weighted by molar-refractivity contribution is 1.02. The van der Waals surface area contributed by atoms with Gasteiger partial charge in [-0.1, -0.05) is 11.6 Å². The second-order valence-electron chi connectivity index (χ2n) is 4.31. The third-order valence-corrected chi connectivity index (χ3v) is 3.54. The van der Waals surface area contributed by atoms with Crippen LogP contribution >= 0.6 is 27.5 Å². The summed E-state index contributed by atoms with van der Waals surface area (Å²) in [6.45, 7) is 0. The van der Waals surface area contributed by atoms with Crippen molar-refractivity contribution in [2.24, 2.45) is 0 Å². The van der Waals surface area contributed by atoms with Gasteiger partial charge in [0.05, 0.1) is 17.9 Å². The molecule has 0 saturated carbocycles. The predicted octanol–water partition coefficient (Wildman–Crippen LogP) is 2.90. The van der Waals surface area contributed by atoms with E-state index in [4.69, 9.17) is 11.6 Å². The van der Waals surface area contributed by atoms with Crippen LogP contribution in [0.2, 0.25) is 5.02 Å². The molecule has 0 unspecified atom stereocenters. The van der Waals surface area contributed by atoms with E-state index in [0.29, 0.717) is 26.8 Å². The molecule has 0 atom stereocenters. The summed E-state index contributed by atoms with van der Waals surface area (Å²) >= 11 is 9.23. The van der Waals surface area contributed by atoms with Crippen LogP contribution in [0.5, 0.6) is 0 Å². The number of H-pyrrole nitrogens is 1. The summed E-state index contributed by atoms with van der Waals surface area (Å²) in [6.07, 6.45) is 3.18. The molecule has 0 fully saturated rings. The first kappa shape index (κ1) is 14.0. The Morgan fingerprint density at radius 2 is 2.10 bits per heavy atom. The van der Waals surface area contributed by atoms with E-state index < -0.39 is 5.69 Å². The van der Waals surface area contributed by atoms with Crippen LogP contribution in [0.1, 0.15) is 0 Å². The molecule has 0 aliphatic rings. The summed E-state index contributed by atoms with van der Waals surface area (Å²) in [5.74, 6) is 1.05. The Kier molecular flexibility index (Phi) is 3.60. The number of aromatic amines is 1. The number of nitrogens with zero attached hydrogens (tertiary/aromatic N) is 4. The summed E-state index contributed by atoms with van der Waals surface area (Å²) in [6, 6.07) is 5.23. The first-order valence-corrected chi connectivity index (χ1v) is 7.12. The SMILES string of the molecule is CN(c1cncc(Br)n1)c1nc(=O)[nH]c2cc(Cl)ccc12. The Labute approximate surface area is 133 Å². The number of rotatable bonds is 2. The number of aromatic nitrogens is 4. The number of nitrogens with one attached hydrogen (secondary N) is 1. The number of anilines is 2. The molecular formula is C13H9BrClN5O. The second kappa shape index (κ2) is 5.42. The summed E-state index contributed by atoms with van der Waals surface area (Å²) in [5, 5.41) is 1.31. The van der Waals surface area contributed by atoms with Crippen molar-refractivity contribution in [3.05, 3.63) is 50.7 Å². The van der Waals surface area contributed by atoms with E-state index in [-0.39, 0.29) is 0 Å². The van der Waals surface area contributed by atoms with Gasteiger partial charge in [0.15, 0.2) is 5.82 Å². The topological polar surface area (TPSA) is 74.8 Å². The number of hydrogen-bond acceptors (Lipinski definition) is 5. The monoisotopic (exact) mass is 365 g/mol. The van der Waals surface area contributed by atoms with Gasteiger partial charge < -0.3 is 9.88 Å². The largest absolute Gasteiger partial charge is 0.347 e. The molecule has 0 bridgehead atoms. The highest BCUT2D eigenvalue weighted by Gasteiger charge is 2.13. The normalized spacial score (nSPS) is 10.8. The van der Waals surface area contributed by atoms with Crippen LogP contribution in [0.4, 0.5) is 11.6 Å². The molecule has 0 aliphatic heterocycles. The van der Waals surface area contributed by atoms with Crippen LogP contribution in [-0.4, -0.2) is 27.0 Å². The van der Waals surface area contributed by atoms with Crippen LogP contribution in [0.15, 0.2) is 40.0 Å². The molecule has 0 spiro atoms. The molecule has 1 aromatic carbocycles. The van der Waals surface area contributed by atoms with Crippen LogP contribution in [-0.2, 0) is 0 Å². The molecule has 3 rings (SSSR count). The first-order chi connectivity index (χ1) is 10.0. The molecule has 0 radical (unpaired) electrons. The van der Waals surface area contributed by atoms with Gasteiger partial charge in [-0.25, -0.2) is 9.78 Å². The van der Waals surface area contributed by atoms with E-state index in [0.717, 1.165) is 5.39 Å². The van der Waals surface area contributed by atoms with Gasteiger partial charge in [0.25, 0.3) is 0 Å². The zero-order valence-corrected chi connectivity index (χ0v) is 13.2. The Bertz CT molecular complexity index is 882. The molecule has 6 nitrogen and oxygen atoms in total. The van der Waals surface area contributed by atoms with Gasteiger partial charge in [-0.3, -0.25) is 4.98 Å². The molecule has 8 heteroatoms. The minimum Gasteiger partial charge on any atom is -0.312 e. The molecule has 106 valence electrons. The maximum atomic E-state index is 11.7. The van der Waals surface area contributed by atoms with Gasteiger partial charge in [-0.2, -0.15) is 4.98 Å². The fourth-order valence-electron chi connectivity index (χ4n) is 1.97. The van der Waals surface area contributed by atoms with Gasteiger partial charge >= 0.3 is 5.69 Å². The third-order valence-electron chi connectivity index (χ3n) is 2.93. The standard InChI is InChI=1S/C13H9BrClN5O/c1-20(11-6-16-5-10(14)18-11)12-8-3-2-7(15)4-9(8)17-13(21)19-12/h2-6H,1H3,(H,17,19,21). The van der Waals surface area contributed by atoms with Crippen molar-refractivity contribution in [2.45, 2.75) is 0 Å². The fraction of sp³-hybridized carbons (Fsp3) is 0.0769. The fourth-order valence-corrected chi connectivity index (χ4v) is 2.44. The van der Waals surface area contributed by atoms with Crippen molar-refractivity contribution in [1.82, 2.24) is 19.9 Å². The summed E-state index contributed by atoms with van der Waals surface area (Å²) < 4.78 is 0.601. The first-order valence-electron chi connectivity index (χ1n) is 5.95.